The molecule has 2 amide bonds. The number of likely N-dealkylation sites (tertiary alicyclic amines) is 1. The highest BCUT2D eigenvalue weighted by molar-refractivity contribution is 6.07. The molecule has 2 N–H and O–H groups in total. The number of aromatic nitrogens is 4. The van der Waals surface area contributed by atoms with Crippen LogP contribution in [0.25, 0.3) is 10.9 Å². The first-order valence-corrected chi connectivity index (χ1v) is 12.2. The van der Waals surface area contributed by atoms with Gasteiger partial charge in [-0.3, -0.25) is 24.2 Å². The number of ketones is 1. The molecule has 1 spiro atoms. The maximum absolute atomic E-state index is 13.3. The lowest BCUT2D eigenvalue weighted by atomic mass is 9.67. The lowest BCUT2D eigenvalue weighted by Crippen LogP contribution is -2.46. The molecule has 9 nitrogen and oxygen atoms in total. The number of carbonyl (C=O) groups is 3. The second kappa shape index (κ2) is 9.00. The molecule has 0 atom stereocenters. The molecule has 1 aromatic carbocycles. The van der Waals surface area contributed by atoms with E-state index in [1.165, 1.54) is 6.07 Å². The number of hydrogen-bond donors (Lipinski definition) is 2. The summed E-state index contributed by atoms with van der Waals surface area (Å²) in [7, 11) is 0. The summed E-state index contributed by atoms with van der Waals surface area (Å²) < 4.78 is 39.3. The van der Waals surface area contributed by atoms with Crippen LogP contribution in [0.4, 0.5) is 13.2 Å². The van der Waals surface area contributed by atoms with Gasteiger partial charge in [0.25, 0.3) is 11.8 Å². The molecule has 12 heteroatoms. The molecule has 1 aliphatic carbocycles. The molecule has 0 radical (unpaired) electrons. The third-order valence-corrected chi connectivity index (χ3v) is 7.31. The number of hydrogen-bond acceptors (Lipinski definition) is 5. The first kappa shape index (κ1) is 25.0. The molecule has 1 fully saturated rings. The molecule has 196 valence electrons. The molecule has 1 saturated heterocycles. The smallest absolute Gasteiger partial charge is 0.342 e. The van der Waals surface area contributed by atoms with Crippen molar-refractivity contribution in [2.45, 2.75) is 51.7 Å². The van der Waals surface area contributed by atoms with Gasteiger partial charge in [-0.15, -0.1) is 0 Å². The number of aromatic amines is 1. The van der Waals surface area contributed by atoms with Gasteiger partial charge in [-0.25, -0.2) is 0 Å². The van der Waals surface area contributed by atoms with Gasteiger partial charge in [0.2, 0.25) is 0 Å². The van der Waals surface area contributed by atoms with Crippen molar-refractivity contribution in [3.8, 4) is 0 Å². The molecule has 0 saturated carbocycles. The van der Waals surface area contributed by atoms with E-state index in [1.807, 2.05) is 13.8 Å². The minimum absolute atomic E-state index is 0.0916. The Labute approximate surface area is 210 Å². The fourth-order valence-corrected chi connectivity index (χ4v) is 5.42. The van der Waals surface area contributed by atoms with Gasteiger partial charge in [-0.2, -0.15) is 23.4 Å². The minimum Gasteiger partial charge on any atom is -0.342 e. The Hall–Kier alpha value is -3.70. The van der Waals surface area contributed by atoms with E-state index in [9.17, 15) is 27.6 Å². The quantitative estimate of drug-likeness (QED) is 0.549. The molecule has 1 aliphatic heterocycles. The van der Waals surface area contributed by atoms with Crippen molar-refractivity contribution in [1.82, 2.24) is 30.2 Å². The standard InChI is InChI=1S/C25H27F3N6O3/c1-14(2)34-21-16(12-30-34)10-24(11-19(21)35)5-7-33(8-6-24)23(37)15-3-4-18-17(9-15)20(32-31-18)22(36)29-13-25(26,27)28/h3-4,9,12,14H,5-8,10-11,13H2,1-2H3,(H,29,36)(H,31,32). The average molecular weight is 517 g/mol. The first-order chi connectivity index (χ1) is 17.5. The number of halogens is 3. The number of benzene rings is 1. The fourth-order valence-electron chi connectivity index (χ4n) is 5.42. The van der Waals surface area contributed by atoms with Gasteiger partial charge in [0.1, 0.15) is 12.2 Å². The molecule has 5 rings (SSSR count). The number of H-pyrrole nitrogens is 1. The van der Waals surface area contributed by atoms with Gasteiger partial charge in [0, 0.05) is 42.1 Å². The number of rotatable bonds is 4. The summed E-state index contributed by atoms with van der Waals surface area (Å²) in [5.41, 5.74) is 2.00. The number of piperidine rings is 1. The van der Waals surface area contributed by atoms with Crippen LogP contribution < -0.4 is 5.32 Å². The number of fused-ring (bicyclic) bond motifs is 2. The zero-order valence-corrected chi connectivity index (χ0v) is 20.5. The highest BCUT2D eigenvalue weighted by Gasteiger charge is 2.43. The number of nitrogens with one attached hydrogen (secondary N) is 2. The maximum Gasteiger partial charge on any atom is 0.405 e. The van der Waals surface area contributed by atoms with E-state index in [-0.39, 0.29) is 34.2 Å². The summed E-state index contributed by atoms with van der Waals surface area (Å²) in [5, 5.41) is 12.9. The Bertz CT molecular complexity index is 1380. The van der Waals surface area contributed by atoms with Crippen molar-refractivity contribution in [2.75, 3.05) is 19.6 Å². The van der Waals surface area contributed by atoms with Gasteiger partial charge >= 0.3 is 6.18 Å². The summed E-state index contributed by atoms with van der Waals surface area (Å²) in [4.78, 5) is 40.3. The van der Waals surface area contributed by atoms with Crippen molar-refractivity contribution in [3.05, 3.63) is 46.9 Å². The Morgan fingerprint density at radius 1 is 1.19 bits per heavy atom. The summed E-state index contributed by atoms with van der Waals surface area (Å²) in [6.45, 7) is 3.46. The third-order valence-electron chi connectivity index (χ3n) is 7.31. The summed E-state index contributed by atoms with van der Waals surface area (Å²) >= 11 is 0. The summed E-state index contributed by atoms with van der Waals surface area (Å²) in [6, 6.07) is 4.76. The van der Waals surface area contributed by atoms with Crippen LogP contribution in [0, 0.1) is 5.41 Å². The van der Waals surface area contributed by atoms with Crippen LogP contribution in [0.2, 0.25) is 0 Å². The Morgan fingerprint density at radius 2 is 1.92 bits per heavy atom. The molecule has 0 unspecified atom stereocenters. The van der Waals surface area contributed by atoms with Gasteiger partial charge in [0.05, 0.1) is 11.7 Å². The topological polar surface area (TPSA) is 113 Å². The van der Waals surface area contributed by atoms with Gasteiger partial charge in [-0.1, -0.05) is 0 Å². The predicted octanol–water partition coefficient (Wildman–Crippen LogP) is 3.68. The highest BCUT2D eigenvalue weighted by Crippen LogP contribution is 2.44. The van der Waals surface area contributed by atoms with Gasteiger partial charge in [0.15, 0.2) is 11.5 Å². The number of carbonyl (C=O) groups excluding carboxylic acids is 3. The third kappa shape index (κ3) is 4.72. The zero-order valence-electron chi connectivity index (χ0n) is 20.5. The number of Topliss-reactive ketones (excluding diaryl/α,β-unsaturated/α-hetero) is 1. The van der Waals surface area contributed by atoms with Gasteiger partial charge < -0.3 is 10.2 Å². The Kier molecular flexibility index (Phi) is 6.07. The Balaban J connectivity index is 1.29. The average Bonchev–Trinajstić information content (AvgIpc) is 3.46. The zero-order chi connectivity index (χ0) is 26.5. The van der Waals surface area contributed by atoms with E-state index >= 15 is 0 Å². The van der Waals surface area contributed by atoms with E-state index in [0.29, 0.717) is 49.1 Å². The normalized spacial score (nSPS) is 17.5. The fraction of sp³-hybridized carbons (Fsp3) is 0.480. The van der Waals surface area contributed by atoms with E-state index in [2.05, 4.69) is 15.3 Å². The van der Waals surface area contributed by atoms with Crippen LogP contribution in [-0.4, -0.2) is 68.3 Å². The molecule has 2 aromatic heterocycles. The van der Waals surface area contributed by atoms with Crippen molar-refractivity contribution in [3.63, 3.8) is 0 Å². The van der Waals surface area contributed by atoms with Crippen molar-refractivity contribution in [2.24, 2.45) is 5.41 Å². The molecule has 3 aromatic rings. The predicted molar refractivity (Wildman–Crippen MR) is 127 cm³/mol. The monoisotopic (exact) mass is 516 g/mol. The largest absolute Gasteiger partial charge is 0.405 e. The lowest BCUT2D eigenvalue weighted by Gasteiger charge is -2.43. The van der Waals surface area contributed by atoms with Crippen LogP contribution in [-0.2, 0) is 6.42 Å². The van der Waals surface area contributed by atoms with Crippen molar-refractivity contribution < 1.29 is 27.6 Å². The second-order valence-corrected chi connectivity index (χ2v) is 10.3. The first-order valence-electron chi connectivity index (χ1n) is 12.2. The van der Waals surface area contributed by atoms with Crippen LogP contribution >= 0.6 is 0 Å². The van der Waals surface area contributed by atoms with E-state index < -0.39 is 18.6 Å². The summed E-state index contributed by atoms with van der Waals surface area (Å²) in [6.07, 6.45) is -0.230. The Morgan fingerprint density at radius 3 is 2.59 bits per heavy atom. The molecular formula is C25H27F3N6O3. The second-order valence-electron chi connectivity index (χ2n) is 10.3. The molecular weight excluding hydrogens is 489 g/mol. The highest BCUT2D eigenvalue weighted by atomic mass is 19.4. The number of amides is 2. The van der Waals surface area contributed by atoms with E-state index in [4.69, 9.17) is 0 Å². The van der Waals surface area contributed by atoms with Crippen LogP contribution in [0.3, 0.4) is 0 Å². The molecule has 37 heavy (non-hydrogen) atoms. The van der Waals surface area contributed by atoms with E-state index in [0.717, 1.165) is 12.0 Å². The van der Waals surface area contributed by atoms with Gasteiger partial charge in [-0.05, 0) is 56.7 Å². The molecule has 0 bridgehead atoms. The SMILES string of the molecule is CC(C)n1ncc2c1C(=O)CC1(CCN(C(=O)c3ccc4[nH]nc(C(=O)NCC(F)(F)F)c4c3)CC1)C2. The number of alkyl halides is 3. The molecule has 3 heterocycles. The molecule has 2 aliphatic rings. The van der Waals surface area contributed by atoms with Crippen molar-refractivity contribution in [1.29, 1.82) is 0 Å². The lowest BCUT2D eigenvalue weighted by molar-refractivity contribution is -0.123. The maximum atomic E-state index is 13.3. The van der Waals surface area contributed by atoms with Crippen LogP contribution in [0.5, 0.6) is 0 Å². The van der Waals surface area contributed by atoms with Crippen molar-refractivity contribution >= 4 is 28.5 Å². The number of nitrogens with zero attached hydrogens (tertiary/aromatic N) is 4. The van der Waals surface area contributed by atoms with Crippen LogP contribution in [0.1, 0.15) is 76.1 Å². The van der Waals surface area contributed by atoms with E-state index in [1.54, 1.807) is 33.2 Å². The van der Waals surface area contributed by atoms with Crippen LogP contribution in [0.15, 0.2) is 24.4 Å². The summed E-state index contributed by atoms with van der Waals surface area (Å²) in [5.74, 6) is -1.13. The minimum atomic E-state index is -4.55.